The minimum atomic E-state index is 0.464. The highest BCUT2D eigenvalue weighted by Crippen LogP contribution is 2.33. The molecule has 0 aliphatic heterocycles. The molecular formula is C13H12Br2N2O. The van der Waals surface area contributed by atoms with Crippen molar-refractivity contribution in [3.8, 4) is 5.75 Å². The van der Waals surface area contributed by atoms with Gasteiger partial charge >= 0.3 is 0 Å². The molecule has 0 spiro atoms. The van der Waals surface area contributed by atoms with Crippen LogP contribution in [0.15, 0.2) is 45.5 Å². The van der Waals surface area contributed by atoms with E-state index in [0.29, 0.717) is 6.61 Å². The highest BCUT2D eigenvalue weighted by atomic mass is 79.9. The molecule has 5 heteroatoms. The third-order valence-electron chi connectivity index (χ3n) is 2.42. The Morgan fingerprint density at radius 3 is 2.56 bits per heavy atom. The number of halogens is 2. The zero-order chi connectivity index (χ0) is 13.0. The van der Waals surface area contributed by atoms with Gasteiger partial charge in [-0.05, 0) is 50.1 Å². The van der Waals surface area contributed by atoms with Crippen LogP contribution in [0, 0.1) is 0 Å². The molecule has 0 unspecified atom stereocenters. The van der Waals surface area contributed by atoms with E-state index < -0.39 is 0 Å². The third-order valence-corrected chi connectivity index (χ3v) is 3.67. The monoisotopic (exact) mass is 370 g/mol. The quantitative estimate of drug-likeness (QED) is 0.873. The zero-order valence-corrected chi connectivity index (χ0v) is 13.0. The van der Waals surface area contributed by atoms with Crippen LogP contribution in [0.4, 0.5) is 5.82 Å². The van der Waals surface area contributed by atoms with Gasteiger partial charge in [-0.1, -0.05) is 12.1 Å². The number of ether oxygens (including phenoxy) is 1. The van der Waals surface area contributed by atoms with E-state index in [9.17, 15) is 0 Å². The molecule has 1 aromatic carbocycles. The van der Waals surface area contributed by atoms with Crippen LogP contribution < -0.4 is 10.1 Å². The molecule has 0 fully saturated rings. The van der Waals surface area contributed by atoms with Gasteiger partial charge in [-0.25, -0.2) is 4.98 Å². The van der Waals surface area contributed by atoms with Gasteiger partial charge in [0, 0.05) is 18.8 Å². The lowest BCUT2D eigenvalue weighted by Crippen LogP contribution is -2.02. The zero-order valence-electron chi connectivity index (χ0n) is 9.78. The van der Waals surface area contributed by atoms with Crippen molar-refractivity contribution < 1.29 is 4.74 Å². The molecular weight excluding hydrogens is 360 g/mol. The molecule has 0 radical (unpaired) electrons. The average molecular weight is 372 g/mol. The summed E-state index contributed by atoms with van der Waals surface area (Å²) >= 11 is 6.94. The molecule has 1 N–H and O–H groups in total. The predicted octanol–water partition coefficient (Wildman–Crippen LogP) is 4.23. The fraction of sp³-hybridized carbons (Fsp3) is 0.154. The lowest BCUT2D eigenvalue weighted by molar-refractivity contribution is 0.302. The Labute approximate surface area is 123 Å². The summed E-state index contributed by atoms with van der Waals surface area (Å²) < 4.78 is 7.67. The van der Waals surface area contributed by atoms with E-state index in [-0.39, 0.29) is 0 Å². The number of para-hydroxylation sites is 1. The van der Waals surface area contributed by atoms with E-state index in [1.165, 1.54) is 0 Å². The summed E-state index contributed by atoms with van der Waals surface area (Å²) in [6, 6.07) is 9.73. The molecule has 94 valence electrons. The molecule has 3 nitrogen and oxygen atoms in total. The Kier molecular flexibility index (Phi) is 4.60. The van der Waals surface area contributed by atoms with E-state index in [2.05, 4.69) is 42.2 Å². The van der Waals surface area contributed by atoms with Crippen LogP contribution in [0.3, 0.4) is 0 Å². The van der Waals surface area contributed by atoms with Crippen molar-refractivity contribution in [1.29, 1.82) is 0 Å². The summed E-state index contributed by atoms with van der Waals surface area (Å²) in [4.78, 5) is 4.24. The molecule has 2 aromatic rings. The Morgan fingerprint density at radius 2 is 1.89 bits per heavy atom. The summed E-state index contributed by atoms with van der Waals surface area (Å²) in [5.41, 5.74) is 1.02. The second-order valence-electron chi connectivity index (χ2n) is 3.60. The minimum absolute atomic E-state index is 0.464. The van der Waals surface area contributed by atoms with Gasteiger partial charge in [0.05, 0.1) is 8.95 Å². The van der Waals surface area contributed by atoms with Gasteiger partial charge in [-0.3, -0.25) is 0 Å². The lowest BCUT2D eigenvalue weighted by atomic mass is 10.2. The number of hydrogen-bond donors (Lipinski definition) is 1. The molecule has 1 heterocycles. The molecule has 0 atom stereocenters. The van der Waals surface area contributed by atoms with Crippen LogP contribution in [0.25, 0.3) is 0 Å². The van der Waals surface area contributed by atoms with Crippen molar-refractivity contribution >= 4 is 37.7 Å². The summed E-state index contributed by atoms with van der Waals surface area (Å²) in [5.74, 6) is 1.63. The number of pyridine rings is 1. The molecule has 0 saturated heterocycles. The molecule has 18 heavy (non-hydrogen) atoms. The number of benzene rings is 1. The van der Waals surface area contributed by atoms with Gasteiger partial charge in [-0.2, -0.15) is 0 Å². The first-order valence-corrected chi connectivity index (χ1v) is 6.99. The van der Waals surface area contributed by atoms with Crippen molar-refractivity contribution in [2.75, 3.05) is 12.4 Å². The maximum atomic E-state index is 5.82. The Hall–Kier alpha value is -1.07. The van der Waals surface area contributed by atoms with Crippen molar-refractivity contribution in [2.45, 2.75) is 6.61 Å². The predicted molar refractivity (Wildman–Crippen MR) is 80.0 cm³/mol. The van der Waals surface area contributed by atoms with Crippen LogP contribution in [-0.2, 0) is 6.61 Å². The van der Waals surface area contributed by atoms with Crippen molar-refractivity contribution in [3.63, 3.8) is 0 Å². The average Bonchev–Trinajstić information content (AvgIpc) is 2.38. The van der Waals surface area contributed by atoms with Crippen LogP contribution in [0.2, 0.25) is 0 Å². The normalized spacial score (nSPS) is 10.2. The van der Waals surface area contributed by atoms with E-state index in [1.54, 1.807) is 6.20 Å². The molecule has 2 rings (SSSR count). The topological polar surface area (TPSA) is 34.2 Å². The summed E-state index contributed by atoms with van der Waals surface area (Å²) in [7, 11) is 1.85. The van der Waals surface area contributed by atoms with Gasteiger partial charge in [0.2, 0.25) is 0 Å². The lowest BCUT2D eigenvalue weighted by Gasteiger charge is -2.12. The van der Waals surface area contributed by atoms with Gasteiger partial charge in [0.1, 0.15) is 18.2 Å². The van der Waals surface area contributed by atoms with Gasteiger partial charge in [0.25, 0.3) is 0 Å². The van der Waals surface area contributed by atoms with Crippen LogP contribution >= 0.6 is 31.9 Å². The number of nitrogens with one attached hydrogen (secondary N) is 1. The van der Waals surface area contributed by atoms with Crippen LogP contribution in [0.1, 0.15) is 5.56 Å². The first kappa shape index (κ1) is 13.4. The molecule has 0 amide bonds. The Bertz CT molecular complexity index is 526. The minimum Gasteiger partial charge on any atom is -0.486 e. The Balaban J connectivity index is 2.16. The Morgan fingerprint density at radius 1 is 1.17 bits per heavy atom. The number of hydrogen-bond acceptors (Lipinski definition) is 3. The van der Waals surface area contributed by atoms with Crippen LogP contribution in [-0.4, -0.2) is 12.0 Å². The van der Waals surface area contributed by atoms with Crippen molar-refractivity contribution in [3.05, 3.63) is 51.0 Å². The fourth-order valence-corrected chi connectivity index (χ4v) is 2.78. The first-order chi connectivity index (χ1) is 8.72. The summed E-state index contributed by atoms with van der Waals surface area (Å²) in [5, 5.41) is 3.05. The number of aromatic nitrogens is 1. The molecule has 1 aromatic heterocycles. The SMILES string of the molecule is CNc1ncccc1COc1c(Br)cccc1Br. The van der Waals surface area contributed by atoms with Crippen molar-refractivity contribution in [2.24, 2.45) is 0 Å². The first-order valence-electron chi connectivity index (χ1n) is 5.41. The fourth-order valence-electron chi connectivity index (χ4n) is 1.55. The van der Waals surface area contributed by atoms with E-state index in [4.69, 9.17) is 4.74 Å². The van der Waals surface area contributed by atoms with E-state index >= 15 is 0 Å². The number of nitrogens with zero attached hydrogens (tertiary/aromatic N) is 1. The number of rotatable bonds is 4. The summed E-state index contributed by atoms with van der Waals surface area (Å²) in [6.45, 7) is 0.464. The molecule has 0 bridgehead atoms. The third kappa shape index (κ3) is 3.03. The highest BCUT2D eigenvalue weighted by molar-refractivity contribution is 9.11. The van der Waals surface area contributed by atoms with Gasteiger partial charge in [0.15, 0.2) is 0 Å². The highest BCUT2D eigenvalue weighted by Gasteiger charge is 2.08. The van der Waals surface area contributed by atoms with Crippen LogP contribution in [0.5, 0.6) is 5.75 Å². The maximum Gasteiger partial charge on any atom is 0.148 e. The second-order valence-corrected chi connectivity index (χ2v) is 5.31. The maximum absolute atomic E-state index is 5.82. The van der Waals surface area contributed by atoms with E-state index in [1.807, 2.05) is 37.4 Å². The summed E-state index contributed by atoms with van der Waals surface area (Å²) in [6.07, 6.45) is 1.75. The molecule has 0 aliphatic rings. The largest absolute Gasteiger partial charge is 0.486 e. The molecule has 0 saturated carbocycles. The van der Waals surface area contributed by atoms with Gasteiger partial charge < -0.3 is 10.1 Å². The molecule has 0 aliphatic carbocycles. The van der Waals surface area contributed by atoms with Crippen molar-refractivity contribution in [1.82, 2.24) is 4.98 Å². The van der Waals surface area contributed by atoms with Gasteiger partial charge in [-0.15, -0.1) is 0 Å². The standard InChI is InChI=1S/C13H12Br2N2O/c1-16-13-9(4-3-7-17-13)8-18-12-10(14)5-2-6-11(12)15/h2-7H,8H2,1H3,(H,16,17). The smallest absolute Gasteiger partial charge is 0.148 e. The van der Waals surface area contributed by atoms with E-state index in [0.717, 1.165) is 26.1 Å². The number of anilines is 1. The second kappa shape index (κ2) is 6.20.